The predicted molar refractivity (Wildman–Crippen MR) is 132 cm³/mol. The third-order valence-electron chi connectivity index (χ3n) is 4.44. The Morgan fingerprint density at radius 2 is 1.49 bits per heavy atom. The van der Waals surface area contributed by atoms with Gasteiger partial charge in [0.15, 0.2) is 28.8 Å². The maximum Gasteiger partial charge on any atom is 0.796 e. The van der Waals surface area contributed by atoms with Crippen LogP contribution in [0.25, 0.3) is 12.2 Å². The van der Waals surface area contributed by atoms with Crippen LogP contribution in [0.3, 0.4) is 0 Å². The van der Waals surface area contributed by atoms with Gasteiger partial charge in [0.2, 0.25) is 0 Å². The Hall–Kier alpha value is -3.79. The molecule has 0 aliphatic rings. The minimum absolute atomic E-state index is 0.304. The first-order valence-corrected chi connectivity index (χ1v) is 10.8. The van der Waals surface area contributed by atoms with Crippen molar-refractivity contribution in [1.82, 2.24) is 0 Å². The molecule has 35 heavy (non-hydrogen) atoms. The summed E-state index contributed by atoms with van der Waals surface area (Å²) in [4.78, 5) is 12.4. The Kier molecular flexibility index (Phi) is 11.4. The predicted octanol–water partition coefficient (Wildman–Crippen LogP) is 4.56. The van der Waals surface area contributed by atoms with Gasteiger partial charge in [-0.1, -0.05) is 24.3 Å². The van der Waals surface area contributed by atoms with E-state index in [-0.39, 0.29) is 5.76 Å². The molecule has 0 spiro atoms. The molecule has 0 saturated heterocycles. The molecule has 2 aromatic carbocycles. The summed E-state index contributed by atoms with van der Waals surface area (Å²) in [5.41, 5.74) is 6.73. The first-order chi connectivity index (χ1) is 16.9. The van der Waals surface area contributed by atoms with E-state index in [1.807, 2.05) is 6.92 Å². The van der Waals surface area contributed by atoms with Crippen molar-refractivity contribution in [2.24, 2.45) is 5.73 Å². The molecule has 10 heteroatoms. The van der Waals surface area contributed by atoms with Crippen LogP contribution < -0.4 is 24.7 Å². The van der Waals surface area contributed by atoms with Crippen LogP contribution in [0.2, 0.25) is 0 Å². The number of ketones is 1. The van der Waals surface area contributed by atoms with Gasteiger partial charge in [-0.2, -0.15) is 0 Å². The summed E-state index contributed by atoms with van der Waals surface area (Å²) >= 11 is 0. The Labute approximate surface area is 204 Å². The summed E-state index contributed by atoms with van der Waals surface area (Å²) in [5.74, 6) is 1.19. The summed E-state index contributed by atoms with van der Waals surface area (Å²) in [6, 6.07) is 10.2. The minimum Gasteiger partial charge on any atom is -0.505 e. The molecule has 0 atom stereocenters. The highest BCUT2D eigenvalue weighted by atomic mass is 19.2. The highest BCUT2D eigenvalue weighted by molar-refractivity contribution is 6.35. The number of benzene rings is 2. The van der Waals surface area contributed by atoms with Crippen LogP contribution in [-0.4, -0.2) is 47.2 Å². The van der Waals surface area contributed by atoms with Crippen LogP contribution in [0.1, 0.15) is 18.1 Å². The SMILES string of the molecule is CCOc1ccc(/C=C/C(=O)/C=C(/C=C/c2ccc(OCCN)c(OC)c2)OB(F)F)cc1OC. The number of rotatable bonds is 14. The van der Waals surface area contributed by atoms with Crippen molar-refractivity contribution in [3.05, 3.63) is 71.5 Å². The fourth-order valence-corrected chi connectivity index (χ4v) is 2.91. The van der Waals surface area contributed by atoms with Gasteiger partial charge in [0.25, 0.3) is 0 Å². The second-order valence-electron chi connectivity index (χ2n) is 6.88. The summed E-state index contributed by atoms with van der Waals surface area (Å²) < 4.78 is 51.8. The average Bonchev–Trinajstić information content (AvgIpc) is 2.85. The van der Waals surface area contributed by atoms with Crippen LogP contribution in [0.4, 0.5) is 8.63 Å². The van der Waals surface area contributed by atoms with E-state index in [0.29, 0.717) is 53.9 Å². The van der Waals surface area contributed by atoms with Crippen LogP contribution in [0.15, 0.2) is 60.4 Å². The van der Waals surface area contributed by atoms with Gasteiger partial charge in [-0.25, -0.2) is 8.63 Å². The summed E-state index contributed by atoms with van der Waals surface area (Å²) in [6.07, 6.45) is 6.53. The monoisotopic (exact) mass is 487 g/mol. The first-order valence-electron chi connectivity index (χ1n) is 10.8. The second kappa shape index (κ2) is 14.5. The van der Waals surface area contributed by atoms with Crippen molar-refractivity contribution in [1.29, 1.82) is 0 Å². The van der Waals surface area contributed by atoms with Crippen molar-refractivity contribution in [3.8, 4) is 23.0 Å². The van der Waals surface area contributed by atoms with E-state index >= 15 is 0 Å². The number of nitrogens with two attached hydrogens (primary N) is 1. The topological polar surface area (TPSA) is 89.2 Å². The van der Waals surface area contributed by atoms with Crippen LogP contribution in [-0.2, 0) is 9.45 Å². The normalized spacial score (nSPS) is 11.5. The number of allylic oxidation sites excluding steroid dienone is 3. The van der Waals surface area contributed by atoms with Crippen LogP contribution in [0, 0.1) is 0 Å². The maximum absolute atomic E-state index is 12.9. The van der Waals surface area contributed by atoms with E-state index in [0.717, 1.165) is 6.08 Å². The molecule has 0 bridgehead atoms. The number of carbonyl (C=O) groups excluding carboxylic acids is 1. The number of hydrogen-bond acceptors (Lipinski definition) is 7. The quantitative estimate of drug-likeness (QED) is 0.181. The minimum atomic E-state index is -3.10. The van der Waals surface area contributed by atoms with Crippen molar-refractivity contribution in [2.45, 2.75) is 6.92 Å². The standard InChI is InChI=1S/C25H28BF2NO6/c1-4-33-22-11-7-18(15-24(22)31-2)5-9-20(30)17-21(35-26(27)28)10-6-19-8-12-23(34-14-13-29)25(16-19)32-3/h5-12,15-17H,4,13-14,29H2,1-3H3/b9-5+,10-6+,21-17-. The van der Waals surface area contributed by atoms with Crippen LogP contribution >= 0.6 is 0 Å². The van der Waals surface area contributed by atoms with Gasteiger partial charge in [-0.05, 0) is 54.5 Å². The summed E-state index contributed by atoms with van der Waals surface area (Å²) in [5, 5.41) is 0. The molecule has 7 nitrogen and oxygen atoms in total. The second-order valence-corrected chi connectivity index (χ2v) is 6.88. The van der Waals surface area contributed by atoms with E-state index in [2.05, 4.69) is 4.65 Å². The molecule has 0 radical (unpaired) electrons. The van der Waals surface area contributed by atoms with Gasteiger partial charge in [0.1, 0.15) is 12.4 Å². The lowest BCUT2D eigenvalue weighted by Crippen LogP contribution is -2.11. The van der Waals surface area contributed by atoms with E-state index in [4.69, 9.17) is 24.7 Å². The fourth-order valence-electron chi connectivity index (χ4n) is 2.91. The summed E-state index contributed by atoms with van der Waals surface area (Å²) in [6.45, 7) is 3.00. The molecular weight excluding hydrogens is 459 g/mol. The van der Waals surface area contributed by atoms with Crippen molar-refractivity contribution >= 4 is 25.4 Å². The lowest BCUT2D eigenvalue weighted by molar-refractivity contribution is -0.110. The highest BCUT2D eigenvalue weighted by Crippen LogP contribution is 2.29. The third kappa shape index (κ3) is 9.17. The van der Waals surface area contributed by atoms with Gasteiger partial charge in [0.05, 0.1) is 20.8 Å². The molecule has 0 fully saturated rings. The number of hydrogen-bond donors (Lipinski definition) is 1. The van der Waals surface area contributed by atoms with Gasteiger partial charge < -0.3 is 29.3 Å². The van der Waals surface area contributed by atoms with E-state index in [9.17, 15) is 13.4 Å². The van der Waals surface area contributed by atoms with E-state index in [1.165, 1.54) is 38.5 Å². The molecule has 2 rings (SSSR count). The highest BCUT2D eigenvalue weighted by Gasteiger charge is 2.18. The molecule has 2 N–H and O–H groups in total. The molecule has 186 valence electrons. The zero-order valence-electron chi connectivity index (χ0n) is 19.8. The van der Waals surface area contributed by atoms with Gasteiger partial charge >= 0.3 is 7.47 Å². The molecule has 0 unspecified atom stereocenters. The van der Waals surface area contributed by atoms with Gasteiger partial charge in [0, 0.05) is 12.6 Å². The largest absolute Gasteiger partial charge is 0.796 e. The lowest BCUT2D eigenvalue weighted by Gasteiger charge is -2.10. The van der Waals surface area contributed by atoms with E-state index < -0.39 is 13.3 Å². The lowest BCUT2D eigenvalue weighted by atomic mass is 10.1. The summed E-state index contributed by atoms with van der Waals surface area (Å²) in [7, 11) is -0.107. The fraction of sp³-hybridized carbons (Fsp3) is 0.240. The smallest absolute Gasteiger partial charge is 0.505 e. The Morgan fingerprint density at radius 1 is 0.914 bits per heavy atom. The van der Waals surface area contributed by atoms with Crippen molar-refractivity contribution in [3.63, 3.8) is 0 Å². The molecule has 0 aliphatic heterocycles. The number of methoxy groups -OCH3 is 2. The molecule has 0 saturated carbocycles. The Balaban J connectivity index is 2.19. The molecule has 2 aromatic rings. The van der Waals surface area contributed by atoms with Gasteiger partial charge in [-0.3, -0.25) is 4.79 Å². The molecule has 0 amide bonds. The molecular formula is C25H28BF2NO6. The molecule has 0 heterocycles. The number of ether oxygens (including phenoxy) is 4. The van der Waals surface area contributed by atoms with Gasteiger partial charge in [-0.15, -0.1) is 0 Å². The Morgan fingerprint density at radius 3 is 2.00 bits per heavy atom. The zero-order valence-corrected chi connectivity index (χ0v) is 19.8. The van der Waals surface area contributed by atoms with Crippen molar-refractivity contribution < 1.29 is 37.0 Å². The van der Waals surface area contributed by atoms with E-state index in [1.54, 1.807) is 36.4 Å². The first kappa shape index (κ1) is 27.5. The Bertz CT molecular complexity index is 1070. The number of carbonyl (C=O) groups is 1. The number of halogens is 2. The molecule has 0 aromatic heterocycles. The van der Waals surface area contributed by atoms with Crippen molar-refractivity contribution in [2.75, 3.05) is 34.0 Å². The average molecular weight is 487 g/mol. The van der Waals surface area contributed by atoms with Crippen LogP contribution in [0.5, 0.6) is 23.0 Å². The maximum atomic E-state index is 12.9. The zero-order chi connectivity index (χ0) is 25.6. The molecule has 0 aliphatic carbocycles. The third-order valence-corrected chi connectivity index (χ3v) is 4.44.